The fourth-order valence-corrected chi connectivity index (χ4v) is 2.21. The highest BCUT2D eigenvalue weighted by molar-refractivity contribution is 7.17. The van der Waals surface area contributed by atoms with Crippen LogP contribution in [-0.2, 0) is 0 Å². The molecular weight excluding hydrogens is 210 g/mol. The summed E-state index contributed by atoms with van der Waals surface area (Å²) in [5, 5.41) is 9.81. The molecule has 1 aromatic heterocycles. The molecular formula is C11H15NO2S. The first-order chi connectivity index (χ1) is 7.19. The highest BCUT2D eigenvalue weighted by atomic mass is 32.1. The van der Waals surface area contributed by atoms with Gasteiger partial charge in [0.15, 0.2) is 0 Å². The van der Waals surface area contributed by atoms with Crippen LogP contribution in [0.3, 0.4) is 0 Å². The van der Waals surface area contributed by atoms with E-state index < -0.39 is 5.97 Å². The van der Waals surface area contributed by atoms with Crippen molar-refractivity contribution >= 4 is 22.3 Å². The van der Waals surface area contributed by atoms with Crippen molar-refractivity contribution in [1.82, 2.24) is 0 Å². The number of carboxylic acids is 1. The van der Waals surface area contributed by atoms with Gasteiger partial charge in [-0.3, -0.25) is 0 Å². The van der Waals surface area contributed by atoms with Crippen molar-refractivity contribution in [3.8, 4) is 0 Å². The average molecular weight is 225 g/mol. The van der Waals surface area contributed by atoms with Crippen LogP contribution < -0.4 is 4.90 Å². The number of carbonyl (C=O) groups is 1. The van der Waals surface area contributed by atoms with E-state index in [4.69, 9.17) is 5.11 Å². The maximum atomic E-state index is 10.7. The molecule has 0 spiro atoms. The summed E-state index contributed by atoms with van der Waals surface area (Å²) in [6.45, 7) is 7.48. The second kappa shape index (κ2) is 5.56. The molecule has 0 aliphatic rings. The smallest absolute Gasteiger partial charge is 0.345 e. The molecule has 0 bridgehead atoms. The van der Waals surface area contributed by atoms with Crippen LogP contribution in [0.4, 0.5) is 5.00 Å². The minimum absolute atomic E-state index is 0.384. The molecule has 82 valence electrons. The number of anilines is 1. The number of carboxylic acid groups (broad SMARTS) is 1. The van der Waals surface area contributed by atoms with Crippen LogP contribution in [0.1, 0.15) is 23.0 Å². The molecule has 1 N–H and O–H groups in total. The number of hydrogen-bond acceptors (Lipinski definition) is 3. The van der Waals surface area contributed by atoms with Crippen molar-refractivity contribution in [1.29, 1.82) is 0 Å². The third kappa shape index (κ3) is 3.09. The van der Waals surface area contributed by atoms with E-state index in [0.717, 1.165) is 24.5 Å². The lowest BCUT2D eigenvalue weighted by Gasteiger charge is -2.20. The first kappa shape index (κ1) is 11.8. The van der Waals surface area contributed by atoms with Crippen molar-refractivity contribution in [3.05, 3.63) is 29.7 Å². The van der Waals surface area contributed by atoms with Gasteiger partial charge in [-0.1, -0.05) is 13.0 Å². The summed E-state index contributed by atoms with van der Waals surface area (Å²) < 4.78 is 0. The zero-order valence-corrected chi connectivity index (χ0v) is 9.59. The Morgan fingerprint density at radius 1 is 1.67 bits per heavy atom. The standard InChI is InChI=1S/C11H15NO2S/c1-3-7-12(8-4-2)10-6-5-9(15-10)11(13)14/h3,5-6H,1,4,7-8H2,2H3,(H,13,14). The van der Waals surface area contributed by atoms with Crippen molar-refractivity contribution in [2.24, 2.45) is 0 Å². The van der Waals surface area contributed by atoms with Crippen LogP contribution in [0.25, 0.3) is 0 Å². The summed E-state index contributed by atoms with van der Waals surface area (Å²) in [6.07, 6.45) is 2.87. The second-order valence-corrected chi connectivity index (χ2v) is 4.24. The van der Waals surface area contributed by atoms with Crippen LogP contribution >= 0.6 is 11.3 Å². The van der Waals surface area contributed by atoms with E-state index >= 15 is 0 Å². The first-order valence-corrected chi connectivity index (χ1v) is 5.69. The normalized spacial score (nSPS) is 9.93. The maximum Gasteiger partial charge on any atom is 0.345 e. The van der Waals surface area contributed by atoms with Gasteiger partial charge in [-0.2, -0.15) is 0 Å². The summed E-state index contributed by atoms with van der Waals surface area (Å²) in [4.78, 5) is 13.2. The number of thiophene rings is 1. The largest absolute Gasteiger partial charge is 0.477 e. The van der Waals surface area contributed by atoms with E-state index in [1.807, 2.05) is 12.1 Å². The summed E-state index contributed by atoms with van der Waals surface area (Å²) in [7, 11) is 0. The molecule has 0 radical (unpaired) electrons. The van der Waals surface area contributed by atoms with Crippen molar-refractivity contribution in [2.75, 3.05) is 18.0 Å². The maximum absolute atomic E-state index is 10.7. The van der Waals surface area contributed by atoms with E-state index in [0.29, 0.717) is 4.88 Å². The van der Waals surface area contributed by atoms with Gasteiger partial charge in [0.05, 0.1) is 5.00 Å². The Hall–Kier alpha value is -1.29. The predicted molar refractivity (Wildman–Crippen MR) is 64.0 cm³/mol. The van der Waals surface area contributed by atoms with Gasteiger partial charge in [0, 0.05) is 13.1 Å². The third-order valence-corrected chi connectivity index (χ3v) is 3.09. The van der Waals surface area contributed by atoms with Crippen LogP contribution in [0.2, 0.25) is 0 Å². The van der Waals surface area contributed by atoms with Crippen molar-refractivity contribution in [3.63, 3.8) is 0 Å². The monoisotopic (exact) mass is 225 g/mol. The fraction of sp³-hybridized carbons (Fsp3) is 0.364. The summed E-state index contributed by atoms with van der Waals surface area (Å²) in [5.74, 6) is -0.860. The van der Waals surface area contributed by atoms with Crippen LogP contribution in [0.5, 0.6) is 0 Å². The molecule has 1 aromatic rings. The fourth-order valence-electron chi connectivity index (χ4n) is 1.33. The Morgan fingerprint density at radius 3 is 2.87 bits per heavy atom. The number of hydrogen-bond donors (Lipinski definition) is 1. The summed E-state index contributed by atoms with van der Waals surface area (Å²) in [5.41, 5.74) is 0. The Labute approximate surface area is 93.7 Å². The van der Waals surface area contributed by atoms with Gasteiger partial charge in [-0.05, 0) is 18.6 Å². The molecule has 0 aliphatic carbocycles. The Balaban J connectivity index is 2.80. The lowest BCUT2D eigenvalue weighted by molar-refractivity contribution is 0.0702. The van der Waals surface area contributed by atoms with Gasteiger partial charge in [0.2, 0.25) is 0 Å². The van der Waals surface area contributed by atoms with Gasteiger partial charge in [-0.15, -0.1) is 17.9 Å². The lowest BCUT2D eigenvalue weighted by atomic mass is 10.4. The Kier molecular flexibility index (Phi) is 4.37. The topological polar surface area (TPSA) is 40.5 Å². The molecule has 1 heterocycles. The Morgan fingerprint density at radius 2 is 2.40 bits per heavy atom. The molecule has 0 unspecified atom stereocenters. The quantitative estimate of drug-likeness (QED) is 0.757. The summed E-state index contributed by atoms with van der Waals surface area (Å²) in [6, 6.07) is 3.50. The highest BCUT2D eigenvalue weighted by Crippen LogP contribution is 2.26. The van der Waals surface area contributed by atoms with Gasteiger partial charge >= 0.3 is 5.97 Å². The van der Waals surface area contributed by atoms with Crippen LogP contribution in [0, 0.1) is 0 Å². The van der Waals surface area contributed by atoms with Gasteiger partial charge < -0.3 is 10.0 Å². The Bertz CT molecular complexity index is 346. The molecule has 0 atom stereocenters. The van der Waals surface area contributed by atoms with E-state index in [1.54, 1.807) is 6.07 Å². The van der Waals surface area contributed by atoms with Gasteiger partial charge in [0.1, 0.15) is 4.88 Å². The lowest BCUT2D eigenvalue weighted by Crippen LogP contribution is -2.22. The molecule has 1 rings (SSSR count). The van der Waals surface area contributed by atoms with Gasteiger partial charge in [-0.25, -0.2) is 4.79 Å². The number of nitrogens with zero attached hydrogens (tertiary/aromatic N) is 1. The molecule has 0 aliphatic heterocycles. The molecule has 0 saturated carbocycles. The van der Waals surface area contributed by atoms with E-state index in [2.05, 4.69) is 18.4 Å². The van der Waals surface area contributed by atoms with E-state index in [9.17, 15) is 4.79 Å². The molecule has 4 heteroatoms. The minimum Gasteiger partial charge on any atom is -0.477 e. The van der Waals surface area contributed by atoms with Gasteiger partial charge in [0.25, 0.3) is 0 Å². The zero-order valence-electron chi connectivity index (χ0n) is 8.77. The molecule has 3 nitrogen and oxygen atoms in total. The minimum atomic E-state index is -0.860. The molecule has 15 heavy (non-hydrogen) atoms. The molecule has 0 aromatic carbocycles. The van der Waals surface area contributed by atoms with Crippen LogP contribution in [-0.4, -0.2) is 24.2 Å². The van der Waals surface area contributed by atoms with Crippen LogP contribution in [0.15, 0.2) is 24.8 Å². The molecule has 0 amide bonds. The third-order valence-electron chi connectivity index (χ3n) is 1.96. The summed E-state index contributed by atoms with van der Waals surface area (Å²) >= 11 is 1.31. The zero-order chi connectivity index (χ0) is 11.3. The molecule has 0 saturated heterocycles. The van der Waals surface area contributed by atoms with Crippen molar-refractivity contribution < 1.29 is 9.90 Å². The average Bonchev–Trinajstić information content (AvgIpc) is 2.66. The number of aromatic carboxylic acids is 1. The van der Waals surface area contributed by atoms with E-state index in [-0.39, 0.29) is 0 Å². The number of rotatable bonds is 6. The second-order valence-electron chi connectivity index (χ2n) is 3.18. The van der Waals surface area contributed by atoms with E-state index in [1.165, 1.54) is 11.3 Å². The van der Waals surface area contributed by atoms with Crippen molar-refractivity contribution in [2.45, 2.75) is 13.3 Å². The molecule has 0 fully saturated rings. The predicted octanol–water partition coefficient (Wildman–Crippen LogP) is 2.85. The first-order valence-electron chi connectivity index (χ1n) is 4.88. The SMILES string of the molecule is C=CCN(CCC)c1ccc(C(=O)O)s1. The highest BCUT2D eigenvalue weighted by Gasteiger charge is 2.10.